The minimum atomic E-state index is 0.00164. The molecule has 0 spiro atoms. The molecule has 3 aliphatic carbocycles. The van der Waals surface area contributed by atoms with E-state index in [9.17, 15) is 0 Å². The highest BCUT2D eigenvalue weighted by atomic mass is 14.4. The lowest BCUT2D eigenvalue weighted by molar-refractivity contribution is 0.590. The third-order valence-electron chi connectivity index (χ3n) is 14.1. The maximum absolute atomic E-state index is 2.45. The van der Waals surface area contributed by atoms with Crippen LogP contribution in [0.25, 0.3) is 76.5 Å². The number of hydrogen-bond donors (Lipinski definition) is 0. The first-order chi connectivity index (χ1) is 28.6. The second-order valence-electron chi connectivity index (χ2n) is 18.8. The van der Waals surface area contributed by atoms with Gasteiger partial charge in [-0.15, -0.1) is 0 Å². The van der Waals surface area contributed by atoms with Gasteiger partial charge in [0.2, 0.25) is 0 Å². The molecule has 0 amide bonds. The van der Waals surface area contributed by atoms with Crippen molar-refractivity contribution in [2.45, 2.75) is 58.3 Å². The molecule has 59 heavy (non-hydrogen) atoms. The van der Waals surface area contributed by atoms with Gasteiger partial charge >= 0.3 is 0 Å². The number of allylic oxidation sites excluding steroid dienone is 2. The van der Waals surface area contributed by atoms with Crippen molar-refractivity contribution in [2.75, 3.05) is 0 Å². The third-order valence-corrected chi connectivity index (χ3v) is 14.1. The van der Waals surface area contributed by atoms with Gasteiger partial charge in [0.1, 0.15) is 0 Å². The summed E-state index contributed by atoms with van der Waals surface area (Å²) in [6, 6.07) is 58.1. The fraction of sp³-hybridized carbons (Fsp3) is 0.153. The molecular weight excluding hydrogens is 709 g/mol. The summed E-state index contributed by atoms with van der Waals surface area (Å²) in [4.78, 5) is 0. The van der Waals surface area contributed by atoms with Crippen LogP contribution < -0.4 is 0 Å². The second-order valence-corrected chi connectivity index (χ2v) is 18.8. The van der Waals surface area contributed by atoms with Crippen LogP contribution in [0.2, 0.25) is 0 Å². The van der Waals surface area contributed by atoms with Crippen LogP contribution >= 0.6 is 0 Å². The normalized spacial score (nSPS) is 15.1. The molecule has 12 rings (SSSR count). The minimum absolute atomic E-state index is 0.00164. The van der Waals surface area contributed by atoms with Gasteiger partial charge in [0, 0.05) is 5.41 Å². The van der Waals surface area contributed by atoms with Crippen LogP contribution in [0.15, 0.2) is 164 Å². The van der Waals surface area contributed by atoms with Gasteiger partial charge < -0.3 is 0 Å². The molecule has 3 aliphatic rings. The maximum Gasteiger partial charge on any atom is 0.0159 e. The summed E-state index contributed by atoms with van der Waals surface area (Å²) in [6.07, 6.45) is 6.78. The quantitative estimate of drug-likeness (QED) is 0.157. The number of benzene rings is 9. The summed E-state index contributed by atoms with van der Waals surface area (Å²) < 4.78 is 0. The molecule has 0 nitrogen and oxygen atoms in total. The first kappa shape index (κ1) is 34.5. The largest absolute Gasteiger partial charge is 0.0716 e. The predicted octanol–water partition coefficient (Wildman–Crippen LogP) is 15.5. The molecule has 0 unspecified atom stereocenters. The molecular formula is C59H46. The van der Waals surface area contributed by atoms with Gasteiger partial charge in [0.05, 0.1) is 0 Å². The molecule has 0 heterocycles. The van der Waals surface area contributed by atoms with Crippen molar-refractivity contribution in [3.05, 3.63) is 214 Å². The summed E-state index contributed by atoms with van der Waals surface area (Å²) in [5.74, 6) is 0. The zero-order chi connectivity index (χ0) is 39.8. The van der Waals surface area contributed by atoms with Crippen molar-refractivity contribution in [2.24, 2.45) is 0 Å². The Balaban J connectivity index is 0.885. The standard InChI is InChI=1S/C59H46/c1-58(2,3)43-27-20-36(21-28-43)35-12-16-38(17-13-35)44-29-22-40-25-33-50-45(30-23-41-24-32-49(44)54(40)55(41)50)39-18-14-37(15-19-39)42-26-31-46-47-8-6-10-52-56(47)57-48(51(46)34-42)9-7-11-53(57)59(52,4)5/h6-21,24-34H,22-23H2,1-5H3. The molecule has 9 aromatic rings. The highest BCUT2D eigenvalue weighted by Crippen LogP contribution is 2.52. The Morgan fingerprint density at radius 2 is 0.831 bits per heavy atom. The van der Waals surface area contributed by atoms with E-state index in [1.165, 1.54) is 127 Å². The highest BCUT2D eigenvalue weighted by molar-refractivity contribution is 6.29. The second kappa shape index (κ2) is 12.3. The lowest BCUT2D eigenvalue weighted by Crippen LogP contribution is -2.14. The first-order valence-electron chi connectivity index (χ1n) is 21.4. The van der Waals surface area contributed by atoms with Crippen LogP contribution in [0.3, 0.4) is 0 Å². The monoisotopic (exact) mass is 754 g/mol. The van der Waals surface area contributed by atoms with Gasteiger partial charge in [-0.05, 0) is 151 Å². The molecule has 0 N–H and O–H groups in total. The Hall–Kier alpha value is -6.50. The zero-order valence-corrected chi connectivity index (χ0v) is 34.5. The number of hydrogen-bond acceptors (Lipinski definition) is 0. The summed E-state index contributed by atoms with van der Waals surface area (Å²) in [5.41, 5.74) is 20.2. The lowest BCUT2D eigenvalue weighted by atomic mass is 9.78. The van der Waals surface area contributed by atoms with Gasteiger partial charge in [0.15, 0.2) is 0 Å². The number of rotatable bonds is 4. The Morgan fingerprint density at radius 3 is 1.34 bits per heavy atom. The SMILES string of the molecule is CC(C)(C)c1ccc(-c2ccc(C3=CCc4ccc5c6c(ccc3c46)CC=C5c3ccc(-c4ccc5c(c4)c4cccc6c4c4c(cccc54)C6(C)C)cc3)cc2)cc1. The van der Waals surface area contributed by atoms with Crippen LogP contribution in [-0.4, -0.2) is 0 Å². The van der Waals surface area contributed by atoms with E-state index >= 15 is 0 Å². The van der Waals surface area contributed by atoms with Gasteiger partial charge in [0.25, 0.3) is 0 Å². The van der Waals surface area contributed by atoms with E-state index < -0.39 is 0 Å². The van der Waals surface area contributed by atoms with E-state index in [0.29, 0.717) is 0 Å². The number of fused-ring (bicyclic) bond motifs is 3. The van der Waals surface area contributed by atoms with Gasteiger partial charge in [-0.25, -0.2) is 0 Å². The van der Waals surface area contributed by atoms with Crippen LogP contribution in [0, 0.1) is 0 Å². The molecule has 0 bridgehead atoms. The van der Waals surface area contributed by atoms with Gasteiger partial charge in [-0.2, -0.15) is 0 Å². The van der Waals surface area contributed by atoms with Crippen LogP contribution in [0.5, 0.6) is 0 Å². The van der Waals surface area contributed by atoms with Crippen molar-refractivity contribution >= 4 is 54.2 Å². The van der Waals surface area contributed by atoms with Crippen molar-refractivity contribution in [1.82, 2.24) is 0 Å². The average Bonchev–Trinajstić information content (AvgIpc) is 3.51. The van der Waals surface area contributed by atoms with E-state index in [1.54, 1.807) is 0 Å². The van der Waals surface area contributed by atoms with E-state index in [-0.39, 0.29) is 10.8 Å². The average molecular weight is 755 g/mol. The van der Waals surface area contributed by atoms with E-state index in [4.69, 9.17) is 0 Å². The molecule has 0 atom stereocenters. The molecule has 0 saturated heterocycles. The van der Waals surface area contributed by atoms with E-state index in [2.05, 4.69) is 198 Å². The van der Waals surface area contributed by atoms with Crippen molar-refractivity contribution in [3.63, 3.8) is 0 Å². The van der Waals surface area contributed by atoms with E-state index in [1.807, 2.05) is 0 Å². The molecule has 0 aliphatic heterocycles. The highest BCUT2D eigenvalue weighted by Gasteiger charge is 2.34. The molecule has 0 saturated carbocycles. The summed E-state index contributed by atoms with van der Waals surface area (Å²) in [7, 11) is 0. The zero-order valence-electron chi connectivity index (χ0n) is 34.5. The Bertz CT molecular complexity index is 3320. The van der Waals surface area contributed by atoms with Gasteiger partial charge in [-0.3, -0.25) is 0 Å². The fourth-order valence-electron chi connectivity index (χ4n) is 10.9. The van der Waals surface area contributed by atoms with Gasteiger partial charge in [-0.1, -0.05) is 192 Å². The van der Waals surface area contributed by atoms with E-state index in [0.717, 1.165) is 12.8 Å². The molecule has 0 fully saturated rings. The van der Waals surface area contributed by atoms with Crippen molar-refractivity contribution in [1.29, 1.82) is 0 Å². The fourth-order valence-corrected chi connectivity index (χ4v) is 10.9. The Morgan fingerprint density at radius 1 is 0.390 bits per heavy atom. The Labute approximate surface area is 347 Å². The summed E-state index contributed by atoms with van der Waals surface area (Å²) in [5, 5.41) is 11.2. The molecule has 0 aromatic heterocycles. The molecule has 0 radical (unpaired) electrons. The van der Waals surface area contributed by atoms with Crippen molar-refractivity contribution in [3.8, 4) is 22.3 Å². The molecule has 9 aromatic carbocycles. The van der Waals surface area contributed by atoms with Crippen molar-refractivity contribution < 1.29 is 0 Å². The predicted molar refractivity (Wildman–Crippen MR) is 253 cm³/mol. The van der Waals surface area contributed by atoms with Crippen LogP contribution in [0.1, 0.15) is 84.7 Å². The topological polar surface area (TPSA) is 0 Å². The third kappa shape index (κ3) is 5.02. The van der Waals surface area contributed by atoms with Crippen LogP contribution in [-0.2, 0) is 23.7 Å². The molecule has 0 heteroatoms. The lowest BCUT2D eigenvalue weighted by Gasteiger charge is -2.26. The molecule has 282 valence electrons. The summed E-state index contributed by atoms with van der Waals surface area (Å²) >= 11 is 0. The first-order valence-corrected chi connectivity index (χ1v) is 21.4. The minimum Gasteiger partial charge on any atom is -0.0716 e. The Kier molecular flexibility index (Phi) is 7.18. The maximum atomic E-state index is 2.45. The van der Waals surface area contributed by atoms with Crippen LogP contribution in [0.4, 0.5) is 0 Å². The smallest absolute Gasteiger partial charge is 0.0159 e. The summed E-state index contributed by atoms with van der Waals surface area (Å²) in [6.45, 7) is 11.6.